The van der Waals surface area contributed by atoms with Gasteiger partial charge in [0.25, 0.3) is 0 Å². The molecule has 0 spiro atoms. The summed E-state index contributed by atoms with van der Waals surface area (Å²) < 4.78 is 0. The fourth-order valence-corrected chi connectivity index (χ4v) is 3.55. The minimum absolute atomic E-state index is 0.0111. The Morgan fingerprint density at radius 2 is 2.10 bits per heavy atom. The lowest BCUT2D eigenvalue weighted by atomic mass is 9.97. The molecule has 0 aliphatic carbocycles. The predicted molar refractivity (Wildman–Crippen MR) is 79.5 cm³/mol. The van der Waals surface area contributed by atoms with E-state index in [1.807, 2.05) is 0 Å². The lowest BCUT2D eigenvalue weighted by Gasteiger charge is -2.38. The van der Waals surface area contributed by atoms with E-state index in [1.165, 1.54) is 0 Å². The standard InChI is InChI=1S/C13H18ClN5O2/c1-6-10(15)12(18-17-11(6)14)16-8-4-2-7-3-5-9(8)19(7)13(20)21/h7-9H,2-5H2,1H3,(H2,15,17)(H,16,18)(H,20,21). The van der Waals surface area contributed by atoms with E-state index in [0.29, 0.717) is 17.1 Å². The van der Waals surface area contributed by atoms with Crippen LogP contribution in [0.5, 0.6) is 0 Å². The largest absolute Gasteiger partial charge is 0.465 e. The van der Waals surface area contributed by atoms with Crippen LogP contribution in [0, 0.1) is 6.92 Å². The van der Waals surface area contributed by atoms with Crippen molar-refractivity contribution in [3.63, 3.8) is 0 Å². The van der Waals surface area contributed by atoms with Crippen molar-refractivity contribution in [3.05, 3.63) is 10.7 Å². The molecule has 114 valence electrons. The van der Waals surface area contributed by atoms with Gasteiger partial charge in [0.05, 0.1) is 11.7 Å². The van der Waals surface area contributed by atoms with Crippen molar-refractivity contribution in [1.82, 2.24) is 15.1 Å². The highest BCUT2D eigenvalue weighted by Gasteiger charge is 2.45. The van der Waals surface area contributed by atoms with Gasteiger partial charge in [-0.15, -0.1) is 10.2 Å². The number of carbonyl (C=O) groups is 1. The maximum Gasteiger partial charge on any atom is 0.407 e. The number of fused-ring (bicyclic) bond motifs is 2. The van der Waals surface area contributed by atoms with Crippen molar-refractivity contribution in [2.45, 2.75) is 50.7 Å². The number of anilines is 2. The Kier molecular flexibility index (Phi) is 3.52. The molecule has 0 radical (unpaired) electrons. The molecule has 1 amide bonds. The van der Waals surface area contributed by atoms with Gasteiger partial charge in [0.1, 0.15) is 0 Å². The van der Waals surface area contributed by atoms with Crippen molar-refractivity contribution < 1.29 is 9.90 Å². The molecule has 3 atom stereocenters. The summed E-state index contributed by atoms with van der Waals surface area (Å²) in [6.07, 6.45) is 2.72. The molecular weight excluding hydrogens is 294 g/mol. The number of carboxylic acid groups (broad SMARTS) is 1. The van der Waals surface area contributed by atoms with Gasteiger partial charge in [0, 0.05) is 17.6 Å². The van der Waals surface area contributed by atoms with E-state index in [-0.39, 0.29) is 23.3 Å². The van der Waals surface area contributed by atoms with E-state index in [1.54, 1.807) is 11.8 Å². The average Bonchev–Trinajstić information content (AvgIpc) is 2.78. The summed E-state index contributed by atoms with van der Waals surface area (Å²) in [6.45, 7) is 1.79. The van der Waals surface area contributed by atoms with E-state index in [9.17, 15) is 9.90 Å². The first-order valence-corrected chi connectivity index (χ1v) is 7.43. The van der Waals surface area contributed by atoms with Gasteiger partial charge in [-0.05, 0) is 32.6 Å². The van der Waals surface area contributed by atoms with Gasteiger partial charge in [-0.25, -0.2) is 4.79 Å². The normalized spacial score (nSPS) is 27.7. The summed E-state index contributed by atoms with van der Waals surface area (Å²) in [7, 11) is 0. The molecular formula is C13H18ClN5O2. The molecule has 0 aromatic carbocycles. The number of nitrogens with zero attached hydrogens (tertiary/aromatic N) is 3. The third kappa shape index (κ3) is 2.35. The molecule has 4 N–H and O–H groups in total. The molecule has 2 aliphatic heterocycles. The van der Waals surface area contributed by atoms with Crippen LogP contribution in [0.3, 0.4) is 0 Å². The van der Waals surface area contributed by atoms with Crippen LogP contribution in [0.15, 0.2) is 0 Å². The number of piperidine rings is 1. The van der Waals surface area contributed by atoms with E-state index >= 15 is 0 Å². The molecule has 3 rings (SSSR count). The molecule has 3 unspecified atom stereocenters. The molecule has 1 aromatic rings. The Balaban J connectivity index is 1.82. The summed E-state index contributed by atoms with van der Waals surface area (Å²) >= 11 is 5.89. The van der Waals surface area contributed by atoms with E-state index in [4.69, 9.17) is 17.3 Å². The smallest absolute Gasteiger partial charge is 0.407 e. The Morgan fingerprint density at radius 3 is 2.81 bits per heavy atom. The summed E-state index contributed by atoms with van der Waals surface area (Å²) in [6, 6.07) is 0.136. The summed E-state index contributed by atoms with van der Waals surface area (Å²) in [5.74, 6) is 0.484. The van der Waals surface area contributed by atoms with Crippen molar-refractivity contribution in [2.75, 3.05) is 11.1 Å². The van der Waals surface area contributed by atoms with Crippen LogP contribution in [0.25, 0.3) is 0 Å². The minimum Gasteiger partial charge on any atom is -0.465 e. The van der Waals surface area contributed by atoms with Crippen LogP contribution in [0.1, 0.15) is 31.2 Å². The lowest BCUT2D eigenvalue weighted by Crippen LogP contribution is -2.52. The van der Waals surface area contributed by atoms with Gasteiger partial charge in [0.15, 0.2) is 11.0 Å². The van der Waals surface area contributed by atoms with E-state index in [0.717, 1.165) is 25.7 Å². The van der Waals surface area contributed by atoms with Crippen LogP contribution in [0.2, 0.25) is 5.15 Å². The van der Waals surface area contributed by atoms with Crippen molar-refractivity contribution in [3.8, 4) is 0 Å². The van der Waals surface area contributed by atoms with Gasteiger partial charge in [0.2, 0.25) is 0 Å². The zero-order valence-electron chi connectivity index (χ0n) is 11.7. The zero-order chi connectivity index (χ0) is 15.1. The second-order valence-corrected chi connectivity index (χ2v) is 6.05. The lowest BCUT2D eigenvalue weighted by molar-refractivity contribution is 0.0976. The second-order valence-electron chi connectivity index (χ2n) is 5.69. The zero-order valence-corrected chi connectivity index (χ0v) is 12.5. The van der Waals surface area contributed by atoms with Gasteiger partial charge >= 0.3 is 6.09 Å². The highest BCUT2D eigenvalue weighted by Crippen LogP contribution is 2.37. The number of amides is 1. The fraction of sp³-hybridized carbons (Fsp3) is 0.615. The highest BCUT2D eigenvalue weighted by molar-refractivity contribution is 6.30. The first-order valence-electron chi connectivity index (χ1n) is 7.05. The van der Waals surface area contributed by atoms with Gasteiger partial charge in [-0.2, -0.15) is 0 Å². The molecule has 2 saturated heterocycles. The maximum atomic E-state index is 11.4. The molecule has 21 heavy (non-hydrogen) atoms. The minimum atomic E-state index is -0.847. The van der Waals surface area contributed by atoms with Crippen molar-refractivity contribution in [1.29, 1.82) is 0 Å². The molecule has 2 aliphatic rings. The third-order valence-corrected chi connectivity index (χ3v) is 4.93. The molecule has 0 saturated carbocycles. The summed E-state index contributed by atoms with van der Waals surface area (Å²) in [4.78, 5) is 13.0. The monoisotopic (exact) mass is 311 g/mol. The molecule has 7 nitrogen and oxygen atoms in total. The number of nitrogens with two attached hydrogens (primary N) is 1. The van der Waals surface area contributed by atoms with Crippen LogP contribution < -0.4 is 11.1 Å². The fourth-order valence-electron chi connectivity index (χ4n) is 3.42. The molecule has 1 aromatic heterocycles. The molecule has 8 heteroatoms. The summed E-state index contributed by atoms with van der Waals surface area (Å²) in [5, 5.41) is 20.8. The number of hydrogen-bond donors (Lipinski definition) is 3. The Bertz CT molecular complexity index is 582. The number of rotatable bonds is 2. The predicted octanol–water partition coefficient (Wildman–Crippen LogP) is 2.11. The third-order valence-electron chi connectivity index (χ3n) is 4.57. The quantitative estimate of drug-likeness (QED) is 0.772. The Morgan fingerprint density at radius 1 is 1.38 bits per heavy atom. The number of halogens is 1. The summed E-state index contributed by atoms with van der Waals surface area (Å²) in [5.41, 5.74) is 7.17. The second kappa shape index (κ2) is 5.22. The van der Waals surface area contributed by atoms with Crippen LogP contribution in [-0.4, -0.2) is 44.4 Å². The number of nitrogen functional groups attached to an aromatic ring is 1. The SMILES string of the molecule is Cc1c(Cl)nnc(NC2CCC3CCC2N3C(=O)O)c1N. The first kappa shape index (κ1) is 14.2. The maximum absolute atomic E-state index is 11.4. The van der Waals surface area contributed by atoms with Crippen LogP contribution in [0.4, 0.5) is 16.3 Å². The number of nitrogens with one attached hydrogen (secondary N) is 1. The number of hydrogen-bond acceptors (Lipinski definition) is 5. The Hall–Kier alpha value is -1.76. The van der Waals surface area contributed by atoms with Crippen LogP contribution >= 0.6 is 11.6 Å². The van der Waals surface area contributed by atoms with E-state index in [2.05, 4.69) is 15.5 Å². The number of aromatic nitrogens is 2. The Labute approximate surface area is 127 Å². The molecule has 3 heterocycles. The first-order chi connectivity index (χ1) is 9.99. The topological polar surface area (TPSA) is 104 Å². The van der Waals surface area contributed by atoms with Crippen molar-refractivity contribution in [2.24, 2.45) is 0 Å². The molecule has 2 fully saturated rings. The van der Waals surface area contributed by atoms with E-state index < -0.39 is 6.09 Å². The van der Waals surface area contributed by atoms with Crippen molar-refractivity contribution >= 4 is 29.2 Å². The highest BCUT2D eigenvalue weighted by atomic mass is 35.5. The van der Waals surface area contributed by atoms with Gasteiger partial charge < -0.3 is 21.1 Å². The average molecular weight is 312 g/mol. The van der Waals surface area contributed by atoms with Crippen LogP contribution in [-0.2, 0) is 0 Å². The van der Waals surface area contributed by atoms with Gasteiger partial charge in [-0.1, -0.05) is 11.6 Å². The van der Waals surface area contributed by atoms with Gasteiger partial charge in [-0.3, -0.25) is 0 Å². The molecule has 2 bridgehead atoms.